The maximum Gasteiger partial charge on any atom is 0.172 e. The Morgan fingerprint density at radius 2 is 0.896 bits per heavy atom. The van der Waals surface area contributed by atoms with E-state index in [-0.39, 0.29) is 5.41 Å². The Morgan fingerprint density at radius 1 is 0.343 bits per heavy atom. The molecule has 0 N–H and O–H groups in total. The number of fused-ring (bicyclic) bond motifs is 9. The zero-order valence-corrected chi connectivity index (χ0v) is 36.8. The second-order valence-electron chi connectivity index (χ2n) is 18.1. The molecule has 4 heterocycles. The van der Waals surface area contributed by atoms with Crippen molar-refractivity contribution in [2.45, 2.75) is 19.3 Å². The number of anilines is 6. The summed E-state index contributed by atoms with van der Waals surface area (Å²) in [5.41, 5.74) is 11.9. The zero-order valence-electron chi connectivity index (χ0n) is 36.8. The molecule has 0 atom stereocenters. The Bertz CT molecular complexity index is 3950. The number of pyridine rings is 1. The van der Waals surface area contributed by atoms with E-state index in [1.165, 1.54) is 49.1 Å². The summed E-state index contributed by atoms with van der Waals surface area (Å²) in [5.74, 6) is 4.54. The van der Waals surface area contributed by atoms with Crippen LogP contribution >= 0.6 is 0 Å². The smallest absolute Gasteiger partial charge is 0.172 e. The Kier molecular flexibility index (Phi) is 7.93. The number of hydrogen-bond donors (Lipinski definition) is 0. The molecule has 0 spiro atoms. The first-order chi connectivity index (χ1) is 33.0. The van der Waals surface area contributed by atoms with Crippen LogP contribution in [0.2, 0.25) is 0 Å². The highest BCUT2D eigenvalue weighted by Crippen LogP contribution is 2.53. The van der Waals surface area contributed by atoms with Crippen molar-refractivity contribution in [1.29, 1.82) is 0 Å². The fourth-order valence-electron chi connectivity index (χ4n) is 10.9. The molecule has 10 aromatic carbocycles. The first kappa shape index (κ1) is 37.6. The molecule has 2 aliphatic rings. The normalized spacial score (nSPS) is 13.4. The van der Waals surface area contributed by atoms with Crippen LogP contribution in [0.3, 0.4) is 0 Å². The molecule has 12 aromatic rings. The molecule has 2 aliphatic heterocycles. The maximum absolute atomic E-state index is 6.72. The highest BCUT2D eigenvalue weighted by Gasteiger charge is 2.35. The molecule has 0 fully saturated rings. The molecular formula is C61H41N3O3. The van der Waals surface area contributed by atoms with Crippen molar-refractivity contribution in [3.05, 3.63) is 223 Å². The minimum Gasteiger partial charge on any atom is -0.457 e. The van der Waals surface area contributed by atoms with E-state index in [9.17, 15) is 0 Å². The molecule has 6 nitrogen and oxygen atoms in total. The number of aromatic nitrogens is 1. The number of rotatable bonds is 6. The van der Waals surface area contributed by atoms with Crippen LogP contribution in [0.15, 0.2) is 212 Å². The van der Waals surface area contributed by atoms with E-state index in [0.29, 0.717) is 23.0 Å². The maximum atomic E-state index is 6.72. The Morgan fingerprint density at radius 3 is 1.69 bits per heavy atom. The van der Waals surface area contributed by atoms with Gasteiger partial charge in [-0.1, -0.05) is 123 Å². The van der Waals surface area contributed by atoms with Gasteiger partial charge >= 0.3 is 0 Å². The first-order valence-electron chi connectivity index (χ1n) is 22.8. The number of benzene rings is 10. The summed E-state index contributed by atoms with van der Waals surface area (Å²) in [6.45, 7) is 4.57. The third kappa shape index (κ3) is 5.56. The molecular weight excluding hydrogens is 823 g/mol. The van der Waals surface area contributed by atoms with Gasteiger partial charge < -0.3 is 28.4 Å². The van der Waals surface area contributed by atoms with Gasteiger partial charge in [-0.3, -0.25) is 0 Å². The molecule has 0 amide bonds. The van der Waals surface area contributed by atoms with Crippen molar-refractivity contribution in [2.75, 3.05) is 9.80 Å². The van der Waals surface area contributed by atoms with Crippen molar-refractivity contribution in [3.63, 3.8) is 0 Å². The second-order valence-corrected chi connectivity index (χ2v) is 18.1. The van der Waals surface area contributed by atoms with E-state index >= 15 is 0 Å². The van der Waals surface area contributed by atoms with Gasteiger partial charge in [0.1, 0.15) is 11.5 Å². The average molecular weight is 864 g/mol. The molecule has 0 saturated heterocycles. The van der Waals surface area contributed by atoms with Crippen molar-refractivity contribution in [2.24, 2.45) is 0 Å². The number of para-hydroxylation sites is 6. The lowest BCUT2D eigenvalue weighted by Crippen LogP contribution is -2.24. The lowest BCUT2D eigenvalue weighted by Gasteiger charge is -2.35. The Balaban J connectivity index is 1.01. The predicted octanol–water partition coefficient (Wildman–Crippen LogP) is 17.3. The quantitative estimate of drug-likeness (QED) is 0.123. The highest BCUT2D eigenvalue weighted by atomic mass is 16.6. The van der Waals surface area contributed by atoms with Crippen LogP contribution in [0.25, 0.3) is 48.9 Å². The molecule has 0 saturated carbocycles. The van der Waals surface area contributed by atoms with Gasteiger partial charge in [0.25, 0.3) is 0 Å². The highest BCUT2D eigenvalue weighted by molar-refractivity contribution is 6.29. The summed E-state index contributed by atoms with van der Waals surface area (Å²) in [7, 11) is 0. The van der Waals surface area contributed by atoms with Gasteiger partial charge in [0.05, 0.1) is 27.9 Å². The number of hydrogen-bond acceptors (Lipinski definition) is 5. The molecule has 14 rings (SSSR count). The van der Waals surface area contributed by atoms with Crippen LogP contribution in [0.1, 0.15) is 25.0 Å². The van der Waals surface area contributed by atoms with Crippen LogP contribution in [-0.4, -0.2) is 4.40 Å². The summed E-state index contributed by atoms with van der Waals surface area (Å²) in [6, 6.07) is 75.3. The molecule has 0 unspecified atom stereocenters. The van der Waals surface area contributed by atoms with Crippen LogP contribution in [0.5, 0.6) is 34.5 Å². The van der Waals surface area contributed by atoms with Crippen LogP contribution in [0.4, 0.5) is 34.1 Å². The van der Waals surface area contributed by atoms with E-state index in [2.05, 4.69) is 210 Å². The number of nitrogens with zero attached hydrogens (tertiary/aromatic N) is 3. The molecule has 0 radical (unpaired) electrons. The van der Waals surface area contributed by atoms with Gasteiger partial charge in [-0.15, -0.1) is 0 Å². The fourth-order valence-corrected chi connectivity index (χ4v) is 10.9. The topological polar surface area (TPSA) is 38.6 Å². The predicted molar refractivity (Wildman–Crippen MR) is 273 cm³/mol. The summed E-state index contributed by atoms with van der Waals surface area (Å²) in [6.07, 6.45) is 0. The molecule has 6 heteroatoms. The van der Waals surface area contributed by atoms with Gasteiger partial charge in [0.15, 0.2) is 23.0 Å². The Hall–Kier alpha value is -8.74. The van der Waals surface area contributed by atoms with Gasteiger partial charge in [0.2, 0.25) is 0 Å². The van der Waals surface area contributed by atoms with Crippen molar-refractivity contribution in [1.82, 2.24) is 4.40 Å². The average Bonchev–Trinajstić information content (AvgIpc) is 3.70. The monoisotopic (exact) mass is 863 g/mol. The lowest BCUT2D eigenvalue weighted by atomic mass is 9.76. The minimum absolute atomic E-state index is 0.220. The van der Waals surface area contributed by atoms with Crippen LogP contribution in [0, 0.1) is 0 Å². The van der Waals surface area contributed by atoms with Gasteiger partial charge in [-0.2, -0.15) is 0 Å². The van der Waals surface area contributed by atoms with Gasteiger partial charge in [0, 0.05) is 78.4 Å². The molecule has 0 aliphatic carbocycles. The Labute approximate surface area is 387 Å². The summed E-state index contributed by atoms with van der Waals surface area (Å²) in [4.78, 5) is 4.71. The van der Waals surface area contributed by atoms with Gasteiger partial charge in [-0.05, 0) is 96.4 Å². The minimum atomic E-state index is -0.220. The van der Waals surface area contributed by atoms with E-state index in [1.54, 1.807) is 0 Å². The third-order valence-corrected chi connectivity index (χ3v) is 14.0. The van der Waals surface area contributed by atoms with E-state index < -0.39 is 0 Å². The first-order valence-corrected chi connectivity index (χ1v) is 22.8. The lowest BCUT2D eigenvalue weighted by molar-refractivity contribution is 0.360. The number of ether oxygens (including phenoxy) is 3. The van der Waals surface area contributed by atoms with Crippen molar-refractivity contribution in [3.8, 4) is 34.5 Å². The van der Waals surface area contributed by atoms with E-state index in [1.807, 2.05) is 30.3 Å². The van der Waals surface area contributed by atoms with Crippen molar-refractivity contribution >= 4 is 83.0 Å². The van der Waals surface area contributed by atoms with Gasteiger partial charge in [-0.25, -0.2) is 0 Å². The fraction of sp³-hybridized carbons (Fsp3) is 0.0492. The largest absolute Gasteiger partial charge is 0.457 e. The van der Waals surface area contributed by atoms with Crippen LogP contribution < -0.4 is 24.0 Å². The summed E-state index contributed by atoms with van der Waals surface area (Å²) in [5, 5.41) is 7.08. The third-order valence-electron chi connectivity index (χ3n) is 14.0. The standard InChI is InChI=1S/C61H41N3O3/c1-61(2)48-23-10-12-25-53(48)65-57-36-41(28-30-49(57)61)63(39-18-7-4-8-19-39)51-31-32-52-59-44(21-15-22-45(51)59)47-35-42(34-46-43-20-9-11-24-50(43)64(52)60(46)47)62(38-16-5-3-6-17-38)40-29-33-56-58(37-40)67-55-27-14-13-26-54(55)66-56/h3-37H,1-2H3. The zero-order chi connectivity index (χ0) is 44.4. The SMILES string of the molecule is CC1(C)c2ccccc2Oc2cc(N(c3ccccc3)c3ccc4c5c3cccc5c3cc(N(c5ccccc5)c5ccc6c(c5)Oc5ccccc5O6)cc5c6ccccc6n4c35)ccc21. The molecule has 2 aromatic heterocycles. The second kappa shape index (κ2) is 14.1. The van der Waals surface area contributed by atoms with E-state index in [0.717, 1.165) is 56.5 Å². The van der Waals surface area contributed by atoms with E-state index in [4.69, 9.17) is 14.2 Å². The summed E-state index contributed by atoms with van der Waals surface area (Å²) >= 11 is 0. The summed E-state index contributed by atoms with van der Waals surface area (Å²) < 4.78 is 22.0. The molecule has 67 heavy (non-hydrogen) atoms. The van der Waals surface area contributed by atoms with Crippen LogP contribution in [-0.2, 0) is 5.41 Å². The molecule has 0 bridgehead atoms. The van der Waals surface area contributed by atoms with Crippen molar-refractivity contribution < 1.29 is 14.2 Å². The molecule has 318 valence electrons.